The maximum atomic E-state index is 9.75. The highest BCUT2D eigenvalue weighted by molar-refractivity contribution is 6.50. The van der Waals surface area contributed by atoms with Crippen LogP contribution in [0.3, 0.4) is 0 Å². The SMILES string of the molecule is CCC(CC)OC(C)[NH3+].F[B-](F)(F)F. The quantitative estimate of drug-likeness (QED) is 0.438. The lowest BCUT2D eigenvalue weighted by Gasteiger charge is -2.13. The van der Waals surface area contributed by atoms with Crippen molar-refractivity contribution in [2.24, 2.45) is 0 Å². The summed E-state index contributed by atoms with van der Waals surface area (Å²) in [7, 11) is -6.00. The van der Waals surface area contributed by atoms with Gasteiger partial charge in [-0.3, -0.25) is 0 Å². The third-order valence-electron chi connectivity index (χ3n) is 1.34. The van der Waals surface area contributed by atoms with E-state index in [1.165, 1.54) is 0 Å². The summed E-state index contributed by atoms with van der Waals surface area (Å²) in [5.41, 5.74) is 3.75. The number of hydrogen-bond acceptors (Lipinski definition) is 1. The van der Waals surface area contributed by atoms with Gasteiger partial charge in [0.25, 0.3) is 0 Å². The Labute approximate surface area is 81.9 Å². The molecule has 0 aromatic heterocycles. The van der Waals surface area contributed by atoms with Gasteiger partial charge in [0.15, 0.2) is 6.23 Å². The summed E-state index contributed by atoms with van der Waals surface area (Å²) in [5.74, 6) is 0. The lowest BCUT2D eigenvalue weighted by molar-refractivity contribution is -0.491. The molecule has 0 rings (SSSR count). The van der Waals surface area contributed by atoms with Crippen LogP contribution in [-0.4, -0.2) is 19.6 Å². The Kier molecular flexibility index (Phi) is 9.28. The topological polar surface area (TPSA) is 36.9 Å². The number of quaternary nitrogens is 1. The zero-order valence-corrected chi connectivity index (χ0v) is 8.77. The van der Waals surface area contributed by atoms with Crippen LogP contribution in [0.2, 0.25) is 0 Å². The van der Waals surface area contributed by atoms with Crippen LogP contribution in [0.1, 0.15) is 33.6 Å². The molecule has 0 aromatic carbocycles. The number of ether oxygens (including phenoxy) is 1. The zero-order valence-electron chi connectivity index (χ0n) is 8.77. The summed E-state index contributed by atoms with van der Waals surface area (Å²) >= 11 is 0. The van der Waals surface area contributed by atoms with E-state index in [9.17, 15) is 17.3 Å². The molecule has 0 fully saturated rings. The Morgan fingerprint density at radius 3 is 1.50 bits per heavy atom. The van der Waals surface area contributed by atoms with E-state index >= 15 is 0 Å². The van der Waals surface area contributed by atoms with Crippen molar-refractivity contribution < 1.29 is 27.7 Å². The van der Waals surface area contributed by atoms with Gasteiger partial charge in [0.1, 0.15) is 0 Å². The lowest BCUT2D eigenvalue weighted by Crippen LogP contribution is -2.61. The van der Waals surface area contributed by atoms with Gasteiger partial charge in [-0.1, -0.05) is 13.8 Å². The summed E-state index contributed by atoms with van der Waals surface area (Å²) < 4.78 is 44.4. The first-order valence-electron chi connectivity index (χ1n) is 4.56. The fourth-order valence-corrected chi connectivity index (χ4v) is 0.810. The van der Waals surface area contributed by atoms with Crippen LogP contribution in [0.15, 0.2) is 0 Å². The van der Waals surface area contributed by atoms with Crippen molar-refractivity contribution in [3.63, 3.8) is 0 Å². The highest BCUT2D eigenvalue weighted by atomic mass is 19.5. The van der Waals surface area contributed by atoms with Crippen LogP contribution in [0.25, 0.3) is 0 Å². The van der Waals surface area contributed by atoms with Crippen molar-refractivity contribution in [1.29, 1.82) is 0 Å². The van der Waals surface area contributed by atoms with Gasteiger partial charge in [-0.2, -0.15) is 0 Å². The minimum Gasteiger partial charge on any atom is -0.418 e. The van der Waals surface area contributed by atoms with Gasteiger partial charge in [-0.25, -0.2) is 0 Å². The third-order valence-corrected chi connectivity index (χ3v) is 1.34. The minimum absolute atomic E-state index is 0.134. The molecule has 1 unspecified atom stereocenters. The van der Waals surface area contributed by atoms with Crippen molar-refractivity contribution >= 4 is 7.25 Å². The van der Waals surface area contributed by atoms with Crippen LogP contribution in [-0.2, 0) is 4.74 Å². The average molecular weight is 219 g/mol. The van der Waals surface area contributed by atoms with Gasteiger partial charge in [-0.15, -0.1) is 0 Å². The molecular formula is C7H18BF4NO. The van der Waals surface area contributed by atoms with Crippen LogP contribution >= 0.6 is 0 Å². The van der Waals surface area contributed by atoms with Crippen molar-refractivity contribution in [2.45, 2.75) is 45.9 Å². The van der Waals surface area contributed by atoms with E-state index in [1.54, 1.807) is 0 Å². The van der Waals surface area contributed by atoms with Crippen molar-refractivity contribution in [2.75, 3.05) is 0 Å². The standard InChI is InChI=1S/C7H17NO.BF4/c1-4-7(5-2)9-6(3)8;2-1(3,4)5/h6-7H,4-5,8H2,1-3H3;/q;-1/p+1. The molecule has 0 aliphatic carbocycles. The van der Waals surface area contributed by atoms with Crippen molar-refractivity contribution in [3.8, 4) is 0 Å². The van der Waals surface area contributed by atoms with Gasteiger partial charge in [0, 0.05) is 6.92 Å². The summed E-state index contributed by atoms with van der Waals surface area (Å²) in [5, 5.41) is 0. The maximum absolute atomic E-state index is 9.75. The van der Waals surface area contributed by atoms with Crippen LogP contribution in [0.4, 0.5) is 17.3 Å². The summed E-state index contributed by atoms with van der Waals surface area (Å²) in [6.45, 7) is 6.24. The van der Waals surface area contributed by atoms with E-state index in [0.29, 0.717) is 6.10 Å². The number of halogens is 4. The van der Waals surface area contributed by atoms with E-state index in [2.05, 4.69) is 19.6 Å². The van der Waals surface area contributed by atoms with Crippen molar-refractivity contribution in [3.05, 3.63) is 0 Å². The minimum atomic E-state index is -6.00. The molecule has 88 valence electrons. The van der Waals surface area contributed by atoms with Crippen LogP contribution in [0, 0.1) is 0 Å². The molecule has 0 bridgehead atoms. The molecular weight excluding hydrogens is 201 g/mol. The molecule has 0 heterocycles. The Bertz CT molecular complexity index is 121. The molecule has 2 nitrogen and oxygen atoms in total. The summed E-state index contributed by atoms with van der Waals surface area (Å²) in [4.78, 5) is 0. The lowest BCUT2D eigenvalue weighted by atomic mass is 10.2. The van der Waals surface area contributed by atoms with Gasteiger partial charge < -0.3 is 27.7 Å². The largest absolute Gasteiger partial charge is 0.673 e. The van der Waals surface area contributed by atoms with Gasteiger partial charge >= 0.3 is 7.25 Å². The van der Waals surface area contributed by atoms with Gasteiger partial charge in [0.05, 0.1) is 6.10 Å². The molecule has 0 amide bonds. The first kappa shape index (κ1) is 16.1. The van der Waals surface area contributed by atoms with Crippen molar-refractivity contribution in [1.82, 2.24) is 0 Å². The molecule has 0 aliphatic rings. The molecule has 0 saturated carbocycles. The fourth-order valence-electron chi connectivity index (χ4n) is 0.810. The van der Waals surface area contributed by atoms with Crippen LogP contribution in [0.5, 0.6) is 0 Å². The zero-order chi connectivity index (χ0) is 11.8. The fraction of sp³-hybridized carbons (Fsp3) is 1.00. The summed E-state index contributed by atoms with van der Waals surface area (Å²) in [6.07, 6.45) is 2.74. The predicted octanol–water partition coefficient (Wildman–Crippen LogP) is 2.08. The molecule has 1 atom stereocenters. The van der Waals surface area contributed by atoms with E-state index in [0.717, 1.165) is 12.8 Å². The highest BCUT2D eigenvalue weighted by Gasteiger charge is 2.20. The normalized spacial score (nSPS) is 13.5. The molecule has 0 saturated heterocycles. The van der Waals surface area contributed by atoms with E-state index in [1.807, 2.05) is 6.92 Å². The maximum Gasteiger partial charge on any atom is 0.673 e. The average Bonchev–Trinajstić information content (AvgIpc) is 1.96. The van der Waals surface area contributed by atoms with E-state index in [-0.39, 0.29) is 6.23 Å². The molecule has 0 aromatic rings. The van der Waals surface area contributed by atoms with Crippen LogP contribution < -0.4 is 5.73 Å². The second-order valence-corrected chi connectivity index (χ2v) is 2.88. The molecule has 0 aliphatic heterocycles. The smallest absolute Gasteiger partial charge is 0.418 e. The first-order chi connectivity index (χ1) is 6.20. The van der Waals surface area contributed by atoms with E-state index in [4.69, 9.17) is 4.74 Å². The predicted molar refractivity (Wildman–Crippen MR) is 48.0 cm³/mol. The molecule has 3 N–H and O–H groups in total. The summed E-state index contributed by atoms with van der Waals surface area (Å²) in [6, 6.07) is 0. The Hall–Kier alpha value is -0.295. The monoisotopic (exact) mass is 219 g/mol. The Morgan fingerprint density at radius 1 is 1.14 bits per heavy atom. The molecule has 0 spiro atoms. The second-order valence-electron chi connectivity index (χ2n) is 2.88. The molecule has 0 radical (unpaired) electrons. The Balaban J connectivity index is 0. The molecule has 14 heavy (non-hydrogen) atoms. The molecule has 7 heteroatoms. The van der Waals surface area contributed by atoms with E-state index < -0.39 is 7.25 Å². The number of hydrogen-bond donors (Lipinski definition) is 1. The second kappa shape index (κ2) is 8.05. The number of rotatable bonds is 4. The third kappa shape index (κ3) is 22.6. The Morgan fingerprint density at radius 2 is 1.43 bits per heavy atom. The van der Waals surface area contributed by atoms with Gasteiger partial charge in [-0.05, 0) is 12.8 Å². The van der Waals surface area contributed by atoms with Gasteiger partial charge in [0.2, 0.25) is 0 Å². The highest BCUT2D eigenvalue weighted by Crippen LogP contribution is 2.06. The first-order valence-corrected chi connectivity index (χ1v) is 4.56.